The molecule has 6 rings (SSSR count). The molecule has 1 aliphatic heterocycles. The van der Waals surface area contributed by atoms with Crippen molar-refractivity contribution in [3.05, 3.63) is 86.7 Å². The van der Waals surface area contributed by atoms with E-state index in [9.17, 15) is 24.3 Å². The number of imide groups is 1. The Kier molecular flexibility index (Phi) is 5.00. The minimum absolute atomic E-state index is 0.0663. The number of phenolic OH excluding ortho intramolecular Hbond substituents is 1. The number of rotatable bonds is 3. The SMILES string of the molecule is CC1=CC(=O)C2=C(C[C@@H]3C(=CC[C@@H]4C(=O)N(Cc5cccs5)C(=O)[C@@H]43)[C@@H]2c2cccc(O)c2)C1=O. The molecule has 6 nitrogen and oxygen atoms in total. The molecule has 1 fully saturated rings. The van der Waals surface area contributed by atoms with Gasteiger partial charge in [0.2, 0.25) is 11.8 Å². The second-order valence-electron chi connectivity index (χ2n) is 9.67. The van der Waals surface area contributed by atoms with Crippen LogP contribution >= 0.6 is 11.3 Å². The third-order valence-corrected chi connectivity index (χ3v) is 8.61. The molecule has 0 bridgehead atoms. The second-order valence-corrected chi connectivity index (χ2v) is 10.7. The van der Waals surface area contributed by atoms with Gasteiger partial charge in [-0.25, -0.2) is 0 Å². The molecule has 1 aromatic carbocycles. The summed E-state index contributed by atoms with van der Waals surface area (Å²) < 4.78 is 0. The van der Waals surface area contributed by atoms with Crippen LogP contribution in [0.25, 0.3) is 0 Å². The van der Waals surface area contributed by atoms with Gasteiger partial charge in [-0.2, -0.15) is 0 Å². The largest absolute Gasteiger partial charge is 0.508 e. The van der Waals surface area contributed by atoms with Crippen LogP contribution in [-0.4, -0.2) is 33.4 Å². The highest BCUT2D eigenvalue weighted by molar-refractivity contribution is 7.09. The number of phenols is 1. The number of hydrogen-bond acceptors (Lipinski definition) is 6. The van der Waals surface area contributed by atoms with Crippen LogP contribution in [0.5, 0.6) is 5.75 Å². The number of amides is 2. The number of carbonyl (C=O) groups is 4. The number of aromatic hydroxyl groups is 1. The van der Waals surface area contributed by atoms with Gasteiger partial charge in [-0.3, -0.25) is 24.1 Å². The Morgan fingerprint density at radius 1 is 1.06 bits per heavy atom. The first-order chi connectivity index (χ1) is 16.8. The quantitative estimate of drug-likeness (QED) is 0.402. The minimum Gasteiger partial charge on any atom is -0.508 e. The fraction of sp³-hybridized carbons (Fsp3) is 0.286. The van der Waals surface area contributed by atoms with Gasteiger partial charge in [0.25, 0.3) is 0 Å². The van der Waals surface area contributed by atoms with Crippen LogP contribution in [0.4, 0.5) is 0 Å². The van der Waals surface area contributed by atoms with Crippen LogP contribution in [0.3, 0.4) is 0 Å². The Bertz CT molecular complexity index is 1400. The zero-order valence-electron chi connectivity index (χ0n) is 19.1. The Labute approximate surface area is 206 Å². The predicted molar refractivity (Wildman–Crippen MR) is 129 cm³/mol. The number of Topliss-reactive ketones (excluding diaryl/α,β-unsaturated/α-hetero) is 1. The van der Waals surface area contributed by atoms with Gasteiger partial charge in [0.05, 0.1) is 18.4 Å². The van der Waals surface area contributed by atoms with E-state index in [0.29, 0.717) is 28.7 Å². The number of allylic oxidation sites excluding steroid dienone is 6. The molecule has 3 aliphatic carbocycles. The number of likely N-dealkylation sites (tertiary alicyclic amines) is 1. The first kappa shape index (κ1) is 21.9. The van der Waals surface area contributed by atoms with Crippen LogP contribution in [0.2, 0.25) is 0 Å². The molecule has 0 unspecified atom stereocenters. The molecule has 2 aromatic rings. The van der Waals surface area contributed by atoms with Crippen molar-refractivity contribution < 1.29 is 24.3 Å². The second kappa shape index (κ2) is 7.99. The van der Waals surface area contributed by atoms with E-state index in [2.05, 4.69) is 0 Å². The fourth-order valence-electron chi connectivity index (χ4n) is 6.25. The van der Waals surface area contributed by atoms with E-state index in [1.165, 1.54) is 22.3 Å². The maximum Gasteiger partial charge on any atom is 0.234 e. The number of hydrogen-bond donors (Lipinski definition) is 1. The van der Waals surface area contributed by atoms with E-state index in [0.717, 1.165) is 10.5 Å². The third kappa shape index (κ3) is 3.29. The first-order valence-corrected chi connectivity index (χ1v) is 12.6. The van der Waals surface area contributed by atoms with Crippen molar-refractivity contribution in [3.8, 4) is 5.75 Å². The zero-order chi connectivity index (χ0) is 24.4. The summed E-state index contributed by atoms with van der Waals surface area (Å²) in [5.74, 6) is -2.61. The highest BCUT2D eigenvalue weighted by Gasteiger charge is 2.56. The fourth-order valence-corrected chi connectivity index (χ4v) is 6.94. The number of nitrogens with zero attached hydrogens (tertiary/aromatic N) is 1. The van der Waals surface area contributed by atoms with Crippen molar-refractivity contribution in [1.82, 2.24) is 4.90 Å². The maximum atomic E-state index is 13.7. The summed E-state index contributed by atoms with van der Waals surface area (Å²) >= 11 is 1.51. The molecule has 0 radical (unpaired) electrons. The van der Waals surface area contributed by atoms with E-state index in [-0.39, 0.29) is 48.0 Å². The summed E-state index contributed by atoms with van der Waals surface area (Å²) in [6.45, 7) is 1.89. The van der Waals surface area contributed by atoms with Crippen LogP contribution in [0.1, 0.15) is 36.1 Å². The smallest absolute Gasteiger partial charge is 0.234 e. The van der Waals surface area contributed by atoms with Gasteiger partial charge < -0.3 is 5.11 Å². The molecule has 2 heterocycles. The molecular formula is C28H23NO5S. The zero-order valence-corrected chi connectivity index (χ0v) is 19.9. The lowest BCUT2D eigenvalue weighted by Crippen LogP contribution is -2.39. The molecule has 0 saturated carbocycles. The third-order valence-electron chi connectivity index (χ3n) is 7.75. The van der Waals surface area contributed by atoms with Gasteiger partial charge in [0, 0.05) is 27.5 Å². The van der Waals surface area contributed by atoms with Crippen LogP contribution in [0, 0.1) is 17.8 Å². The summed E-state index contributed by atoms with van der Waals surface area (Å²) in [6, 6.07) is 10.5. The monoisotopic (exact) mass is 485 g/mol. The molecular weight excluding hydrogens is 462 g/mol. The molecule has 0 spiro atoms. The summed E-state index contributed by atoms with van der Waals surface area (Å²) in [5, 5.41) is 12.1. The number of benzene rings is 1. The first-order valence-electron chi connectivity index (χ1n) is 11.7. The lowest BCUT2D eigenvalue weighted by Gasteiger charge is -2.42. The molecule has 7 heteroatoms. The molecule has 1 saturated heterocycles. The average molecular weight is 486 g/mol. The van der Waals surface area contributed by atoms with Crippen LogP contribution in [0.15, 0.2) is 76.2 Å². The molecule has 2 amide bonds. The van der Waals surface area contributed by atoms with Crippen molar-refractivity contribution in [3.63, 3.8) is 0 Å². The van der Waals surface area contributed by atoms with E-state index in [1.807, 2.05) is 29.7 Å². The Hall–Kier alpha value is -3.58. The molecule has 4 aliphatic rings. The van der Waals surface area contributed by atoms with Gasteiger partial charge in [0.15, 0.2) is 11.6 Å². The van der Waals surface area contributed by atoms with Gasteiger partial charge in [-0.05, 0) is 60.9 Å². The number of carbonyl (C=O) groups excluding carboxylic acids is 4. The summed E-state index contributed by atoms with van der Waals surface area (Å²) in [5.41, 5.74) is 2.84. The Morgan fingerprint density at radius 2 is 1.89 bits per heavy atom. The van der Waals surface area contributed by atoms with Crippen molar-refractivity contribution in [2.24, 2.45) is 17.8 Å². The van der Waals surface area contributed by atoms with Crippen LogP contribution in [-0.2, 0) is 25.7 Å². The Morgan fingerprint density at radius 3 is 2.63 bits per heavy atom. The summed E-state index contributed by atoms with van der Waals surface area (Å²) in [4.78, 5) is 55.7. The van der Waals surface area contributed by atoms with Gasteiger partial charge in [-0.1, -0.05) is 29.8 Å². The van der Waals surface area contributed by atoms with Crippen LogP contribution < -0.4 is 0 Å². The molecule has 4 atom stereocenters. The standard InChI is InChI=1S/C28H23NO5S/c1-14-10-22(31)25-21(26(14)32)12-20-18(23(25)15-4-2-5-16(30)11-15)7-8-19-24(20)28(34)29(27(19)33)13-17-6-3-9-35-17/h2-7,9-11,19-20,23-24,30H,8,12-13H2,1H3/t19-,20+,23-,24-/m0/s1. The van der Waals surface area contributed by atoms with E-state index in [4.69, 9.17) is 0 Å². The Balaban J connectivity index is 1.46. The minimum atomic E-state index is -0.564. The van der Waals surface area contributed by atoms with Crippen molar-refractivity contribution in [2.75, 3.05) is 0 Å². The van der Waals surface area contributed by atoms with Crippen molar-refractivity contribution in [1.29, 1.82) is 0 Å². The summed E-state index contributed by atoms with van der Waals surface area (Å²) in [6.07, 6.45) is 4.06. The van der Waals surface area contributed by atoms with E-state index >= 15 is 0 Å². The van der Waals surface area contributed by atoms with Crippen molar-refractivity contribution in [2.45, 2.75) is 32.2 Å². The molecule has 35 heavy (non-hydrogen) atoms. The van der Waals surface area contributed by atoms with Crippen molar-refractivity contribution >= 4 is 34.7 Å². The molecule has 1 aromatic heterocycles. The topological polar surface area (TPSA) is 91.8 Å². The molecule has 1 N–H and O–H groups in total. The van der Waals surface area contributed by atoms with E-state index < -0.39 is 17.8 Å². The van der Waals surface area contributed by atoms with Gasteiger partial charge >= 0.3 is 0 Å². The van der Waals surface area contributed by atoms with Gasteiger partial charge in [-0.15, -0.1) is 11.3 Å². The highest BCUT2D eigenvalue weighted by Crippen LogP contribution is 2.55. The lowest BCUT2D eigenvalue weighted by molar-refractivity contribution is -0.140. The van der Waals surface area contributed by atoms with E-state index in [1.54, 1.807) is 25.1 Å². The number of fused-ring (bicyclic) bond motifs is 3. The predicted octanol–water partition coefficient (Wildman–Crippen LogP) is 4.08. The normalized spacial score (nSPS) is 28.0. The molecule has 176 valence electrons. The van der Waals surface area contributed by atoms with Gasteiger partial charge in [0.1, 0.15) is 5.75 Å². The summed E-state index contributed by atoms with van der Waals surface area (Å²) in [7, 11) is 0. The lowest BCUT2D eigenvalue weighted by atomic mass is 9.59. The maximum absolute atomic E-state index is 13.7. The highest BCUT2D eigenvalue weighted by atomic mass is 32.1. The number of thiophene rings is 1. The average Bonchev–Trinajstić information content (AvgIpc) is 3.44. The number of ketones is 2.